The Hall–Kier alpha value is -1.98. The zero-order valence-electron chi connectivity index (χ0n) is 11.6. The van der Waals surface area contributed by atoms with Crippen LogP contribution in [-0.2, 0) is 4.79 Å². The summed E-state index contributed by atoms with van der Waals surface area (Å²) in [6.07, 6.45) is 4.55. The molecule has 5 nitrogen and oxygen atoms in total. The number of carbonyl (C=O) groups excluding carboxylic acids is 1. The summed E-state index contributed by atoms with van der Waals surface area (Å²) in [5, 5.41) is 3.11. The largest absolute Gasteiger partial charge is 0.354 e. The summed E-state index contributed by atoms with van der Waals surface area (Å²) in [4.78, 5) is 21.3. The van der Waals surface area contributed by atoms with Crippen LogP contribution >= 0.6 is 0 Å². The molecule has 0 saturated carbocycles. The summed E-state index contributed by atoms with van der Waals surface area (Å²) < 4.78 is 13.1. The number of anilines is 1. The Bertz CT molecular complexity index is 506. The van der Waals surface area contributed by atoms with Gasteiger partial charge in [0.15, 0.2) is 5.82 Å². The number of halogens is 1. The molecule has 1 aliphatic rings. The van der Waals surface area contributed by atoms with Gasteiger partial charge in [0, 0.05) is 19.6 Å². The quantitative estimate of drug-likeness (QED) is 0.853. The van der Waals surface area contributed by atoms with Crippen molar-refractivity contribution in [3.8, 4) is 0 Å². The number of hydrogen-bond donors (Lipinski definition) is 1. The molecule has 108 valence electrons. The highest BCUT2D eigenvalue weighted by Crippen LogP contribution is 2.17. The van der Waals surface area contributed by atoms with E-state index in [1.165, 1.54) is 12.3 Å². The first kappa shape index (κ1) is 14.4. The van der Waals surface area contributed by atoms with E-state index in [-0.39, 0.29) is 5.91 Å². The highest BCUT2D eigenvalue weighted by atomic mass is 19.1. The number of amides is 1. The van der Waals surface area contributed by atoms with E-state index in [9.17, 15) is 9.18 Å². The number of likely N-dealkylation sites (tertiary alicyclic amines) is 1. The van der Waals surface area contributed by atoms with Crippen molar-refractivity contribution in [2.45, 2.75) is 19.8 Å². The van der Waals surface area contributed by atoms with Crippen molar-refractivity contribution < 1.29 is 9.18 Å². The summed E-state index contributed by atoms with van der Waals surface area (Å²) in [6.45, 7) is 7.28. The molecule has 1 amide bonds. The van der Waals surface area contributed by atoms with Crippen LogP contribution in [-0.4, -0.2) is 40.4 Å². The Kier molecular flexibility index (Phi) is 4.65. The third-order valence-electron chi connectivity index (χ3n) is 3.47. The maximum absolute atomic E-state index is 13.1. The minimum atomic E-state index is -0.407. The second-order valence-corrected chi connectivity index (χ2v) is 5.00. The average molecular weight is 278 g/mol. The number of nitrogens with zero attached hydrogens (tertiary/aromatic N) is 3. The number of hydrogen-bond acceptors (Lipinski definition) is 4. The molecule has 2 rings (SSSR count). The second-order valence-electron chi connectivity index (χ2n) is 5.00. The van der Waals surface area contributed by atoms with Crippen molar-refractivity contribution >= 4 is 11.9 Å². The Morgan fingerprint density at radius 1 is 1.70 bits per heavy atom. The lowest BCUT2D eigenvalue weighted by atomic mass is 9.98. The summed E-state index contributed by atoms with van der Waals surface area (Å²) in [5.74, 6) is 0.345. The summed E-state index contributed by atoms with van der Waals surface area (Å²) in [5.41, 5.74) is 0.328. The average Bonchev–Trinajstić information content (AvgIpc) is 2.48. The first-order valence-corrected chi connectivity index (χ1v) is 6.74. The predicted molar refractivity (Wildman–Crippen MR) is 74.7 cm³/mol. The van der Waals surface area contributed by atoms with Crippen molar-refractivity contribution in [1.29, 1.82) is 0 Å². The monoisotopic (exact) mass is 278 g/mol. The second kappa shape index (κ2) is 6.45. The molecule has 1 atom stereocenters. The van der Waals surface area contributed by atoms with Crippen LogP contribution in [0, 0.1) is 18.7 Å². The molecule has 0 radical (unpaired) electrons. The highest BCUT2D eigenvalue weighted by molar-refractivity contribution is 5.87. The van der Waals surface area contributed by atoms with E-state index in [0.717, 1.165) is 19.4 Å². The van der Waals surface area contributed by atoms with Gasteiger partial charge in [-0.3, -0.25) is 4.79 Å². The van der Waals surface area contributed by atoms with Crippen molar-refractivity contribution in [2.24, 2.45) is 5.92 Å². The lowest BCUT2D eigenvalue weighted by molar-refractivity contribution is -0.127. The molecule has 6 heteroatoms. The zero-order chi connectivity index (χ0) is 14.5. The molecule has 0 aliphatic carbocycles. The van der Waals surface area contributed by atoms with Crippen LogP contribution in [0.5, 0.6) is 0 Å². The molecule has 20 heavy (non-hydrogen) atoms. The molecule has 1 aromatic heterocycles. The fraction of sp³-hybridized carbons (Fsp3) is 0.500. The normalized spacial score (nSPS) is 18.7. The SMILES string of the molecule is C=CC(=O)N1CCCC(CNc2ncc(F)c(C)n2)C1. The Balaban J connectivity index is 1.88. The smallest absolute Gasteiger partial charge is 0.245 e. The van der Waals surface area contributed by atoms with Gasteiger partial charge in [0.1, 0.15) is 0 Å². The molecule has 0 bridgehead atoms. The van der Waals surface area contributed by atoms with Gasteiger partial charge >= 0.3 is 0 Å². The maximum atomic E-state index is 13.1. The number of nitrogens with one attached hydrogen (secondary N) is 1. The summed E-state index contributed by atoms with van der Waals surface area (Å²) in [7, 11) is 0. The molecule has 1 saturated heterocycles. The van der Waals surface area contributed by atoms with Gasteiger partial charge in [-0.1, -0.05) is 6.58 Å². The zero-order valence-corrected chi connectivity index (χ0v) is 11.6. The van der Waals surface area contributed by atoms with E-state index >= 15 is 0 Å². The highest BCUT2D eigenvalue weighted by Gasteiger charge is 2.22. The van der Waals surface area contributed by atoms with Crippen LogP contribution in [0.1, 0.15) is 18.5 Å². The van der Waals surface area contributed by atoms with Crippen LogP contribution < -0.4 is 5.32 Å². The molecular weight excluding hydrogens is 259 g/mol. The van der Waals surface area contributed by atoms with Crippen molar-refractivity contribution in [3.05, 3.63) is 30.4 Å². The minimum Gasteiger partial charge on any atom is -0.354 e. The van der Waals surface area contributed by atoms with E-state index in [1.54, 1.807) is 11.8 Å². The van der Waals surface area contributed by atoms with E-state index in [4.69, 9.17) is 0 Å². The third-order valence-corrected chi connectivity index (χ3v) is 3.47. The molecule has 1 aromatic rings. The predicted octanol–water partition coefficient (Wildman–Crippen LogP) is 1.76. The van der Waals surface area contributed by atoms with E-state index < -0.39 is 5.82 Å². The Labute approximate surface area is 117 Å². The van der Waals surface area contributed by atoms with Crippen LogP contribution in [0.2, 0.25) is 0 Å². The first-order valence-electron chi connectivity index (χ1n) is 6.74. The van der Waals surface area contributed by atoms with Crippen LogP contribution in [0.15, 0.2) is 18.9 Å². The van der Waals surface area contributed by atoms with Gasteiger partial charge in [-0.15, -0.1) is 0 Å². The van der Waals surface area contributed by atoms with Crippen LogP contribution in [0.4, 0.5) is 10.3 Å². The number of rotatable bonds is 4. The molecule has 1 N–H and O–H groups in total. The molecule has 1 aliphatic heterocycles. The standard InChI is InChI=1S/C14H19FN4O/c1-3-13(20)19-6-4-5-11(9-19)7-16-14-17-8-12(15)10(2)18-14/h3,8,11H,1,4-7,9H2,2H3,(H,16,17,18). The minimum absolute atomic E-state index is 0.0245. The van der Waals surface area contributed by atoms with Crippen LogP contribution in [0.3, 0.4) is 0 Å². The number of carbonyl (C=O) groups is 1. The van der Waals surface area contributed by atoms with E-state index in [1.807, 2.05) is 0 Å². The van der Waals surface area contributed by atoms with Gasteiger partial charge < -0.3 is 10.2 Å². The molecule has 1 unspecified atom stereocenters. The van der Waals surface area contributed by atoms with Crippen molar-refractivity contribution in [2.75, 3.05) is 25.0 Å². The fourth-order valence-electron chi connectivity index (χ4n) is 2.33. The Morgan fingerprint density at radius 2 is 2.50 bits per heavy atom. The molecule has 2 heterocycles. The summed E-state index contributed by atoms with van der Waals surface area (Å²) in [6, 6.07) is 0. The molecular formula is C14H19FN4O. The topological polar surface area (TPSA) is 58.1 Å². The summed E-state index contributed by atoms with van der Waals surface area (Å²) >= 11 is 0. The van der Waals surface area contributed by atoms with Crippen molar-refractivity contribution in [1.82, 2.24) is 14.9 Å². The van der Waals surface area contributed by atoms with Gasteiger partial charge in [0.05, 0.1) is 11.9 Å². The van der Waals surface area contributed by atoms with Gasteiger partial charge in [0.2, 0.25) is 11.9 Å². The number of piperidine rings is 1. The molecule has 0 spiro atoms. The number of aryl methyl sites for hydroxylation is 1. The molecule has 1 fully saturated rings. The van der Waals surface area contributed by atoms with Gasteiger partial charge in [-0.2, -0.15) is 0 Å². The number of aromatic nitrogens is 2. The first-order chi connectivity index (χ1) is 9.60. The van der Waals surface area contributed by atoms with E-state index in [0.29, 0.717) is 30.6 Å². The lowest BCUT2D eigenvalue weighted by Crippen LogP contribution is -2.41. The van der Waals surface area contributed by atoms with Gasteiger partial charge in [-0.25, -0.2) is 14.4 Å². The molecule has 0 aromatic carbocycles. The van der Waals surface area contributed by atoms with Crippen LogP contribution in [0.25, 0.3) is 0 Å². The van der Waals surface area contributed by atoms with Gasteiger partial charge in [0.25, 0.3) is 0 Å². The maximum Gasteiger partial charge on any atom is 0.245 e. The Morgan fingerprint density at radius 3 is 3.20 bits per heavy atom. The fourth-order valence-corrected chi connectivity index (χ4v) is 2.33. The lowest BCUT2D eigenvalue weighted by Gasteiger charge is -2.32. The van der Waals surface area contributed by atoms with Gasteiger partial charge in [-0.05, 0) is 31.8 Å². The van der Waals surface area contributed by atoms with Crippen molar-refractivity contribution in [3.63, 3.8) is 0 Å². The third kappa shape index (κ3) is 3.53. The van der Waals surface area contributed by atoms with E-state index in [2.05, 4.69) is 21.9 Å².